The van der Waals surface area contributed by atoms with Crippen molar-refractivity contribution < 1.29 is 14.3 Å². The highest BCUT2D eigenvalue weighted by atomic mass is 16.5. The summed E-state index contributed by atoms with van der Waals surface area (Å²) in [7, 11) is 0. The number of nitrogens with one attached hydrogen (secondary N) is 2. The van der Waals surface area contributed by atoms with Gasteiger partial charge in [0.2, 0.25) is 5.91 Å². The first-order chi connectivity index (χ1) is 13.3. The number of hydrogen-bond acceptors (Lipinski definition) is 3. The van der Waals surface area contributed by atoms with Crippen molar-refractivity contribution in [3.63, 3.8) is 0 Å². The van der Waals surface area contributed by atoms with Gasteiger partial charge in [0.15, 0.2) is 6.61 Å². The molecule has 0 atom stereocenters. The van der Waals surface area contributed by atoms with Crippen LogP contribution in [0, 0.1) is 30.1 Å². The summed E-state index contributed by atoms with van der Waals surface area (Å²) < 4.78 is 5.60. The summed E-state index contributed by atoms with van der Waals surface area (Å²) in [6, 6.07) is 5.89. The van der Waals surface area contributed by atoms with E-state index < -0.39 is 0 Å². The van der Waals surface area contributed by atoms with Gasteiger partial charge < -0.3 is 4.74 Å². The SMILES string of the molecule is Cc1cc(OCC(=O)NNC(=O)C23CC4CC(CC(C4)C2)C3)ccc1C(C)C. The van der Waals surface area contributed by atoms with Gasteiger partial charge in [0, 0.05) is 0 Å². The van der Waals surface area contributed by atoms with Gasteiger partial charge in [-0.15, -0.1) is 0 Å². The maximum absolute atomic E-state index is 12.9. The highest BCUT2D eigenvalue weighted by Crippen LogP contribution is 2.60. The molecule has 4 saturated carbocycles. The van der Waals surface area contributed by atoms with Gasteiger partial charge in [0.25, 0.3) is 5.91 Å². The standard InChI is InChI=1S/C23H32N2O3/c1-14(2)20-5-4-19(6-15(20)3)28-13-21(26)24-25-22(27)23-10-16-7-17(11-23)9-18(8-16)12-23/h4-6,14,16-18H,7-13H2,1-3H3,(H,24,26)(H,25,27). The van der Waals surface area contributed by atoms with E-state index in [-0.39, 0.29) is 23.8 Å². The number of ether oxygens (including phenoxy) is 1. The largest absolute Gasteiger partial charge is 0.484 e. The van der Waals surface area contributed by atoms with Gasteiger partial charge in [-0.1, -0.05) is 19.9 Å². The maximum Gasteiger partial charge on any atom is 0.276 e. The van der Waals surface area contributed by atoms with Crippen molar-refractivity contribution in [1.82, 2.24) is 10.9 Å². The Morgan fingerprint density at radius 1 is 1.07 bits per heavy atom. The Morgan fingerprint density at radius 3 is 2.21 bits per heavy atom. The third-order valence-electron chi connectivity index (χ3n) is 7.07. The average molecular weight is 385 g/mol. The van der Waals surface area contributed by atoms with Crippen molar-refractivity contribution in [1.29, 1.82) is 0 Å². The van der Waals surface area contributed by atoms with Crippen LogP contribution >= 0.6 is 0 Å². The Bertz CT molecular complexity index is 736. The lowest BCUT2D eigenvalue weighted by molar-refractivity contribution is -0.149. The predicted molar refractivity (Wildman–Crippen MR) is 108 cm³/mol. The van der Waals surface area contributed by atoms with Crippen LogP contribution in [0.3, 0.4) is 0 Å². The fraction of sp³-hybridized carbons (Fsp3) is 0.652. The lowest BCUT2D eigenvalue weighted by Crippen LogP contribution is -2.57. The molecule has 4 aliphatic carbocycles. The Kier molecular flexibility index (Phi) is 5.11. The van der Waals surface area contributed by atoms with Crippen molar-refractivity contribution in [3.05, 3.63) is 29.3 Å². The van der Waals surface area contributed by atoms with Crippen LogP contribution in [0.4, 0.5) is 0 Å². The van der Waals surface area contributed by atoms with Gasteiger partial charge >= 0.3 is 0 Å². The first-order valence-electron chi connectivity index (χ1n) is 10.7. The highest BCUT2D eigenvalue weighted by Gasteiger charge is 2.54. The predicted octanol–water partition coefficient (Wildman–Crippen LogP) is 3.86. The summed E-state index contributed by atoms with van der Waals surface area (Å²) in [6.07, 6.45) is 6.83. The normalized spacial score (nSPS) is 30.4. The van der Waals surface area contributed by atoms with Gasteiger partial charge in [0.1, 0.15) is 5.75 Å². The number of hydrazine groups is 1. The fourth-order valence-corrected chi connectivity index (χ4v) is 6.22. The van der Waals surface area contributed by atoms with Crippen molar-refractivity contribution in [2.45, 2.75) is 65.2 Å². The number of hydrogen-bond donors (Lipinski definition) is 2. The molecular formula is C23H32N2O3. The van der Waals surface area contributed by atoms with E-state index in [1.54, 1.807) is 0 Å². The van der Waals surface area contributed by atoms with Gasteiger partial charge in [-0.3, -0.25) is 20.4 Å². The summed E-state index contributed by atoms with van der Waals surface area (Å²) in [5, 5.41) is 0. The van der Waals surface area contributed by atoms with Gasteiger partial charge in [-0.2, -0.15) is 0 Å². The zero-order chi connectivity index (χ0) is 19.9. The minimum absolute atomic E-state index is 0.00270. The van der Waals surface area contributed by atoms with Crippen molar-refractivity contribution in [2.24, 2.45) is 23.2 Å². The van der Waals surface area contributed by atoms with E-state index >= 15 is 0 Å². The summed E-state index contributed by atoms with van der Waals surface area (Å²) in [5.41, 5.74) is 7.43. The van der Waals surface area contributed by atoms with E-state index in [1.165, 1.54) is 24.8 Å². The second-order valence-corrected chi connectivity index (χ2v) is 9.66. The molecule has 0 heterocycles. The molecule has 4 aliphatic rings. The fourth-order valence-electron chi connectivity index (χ4n) is 6.22. The van der Waals surface area contributed by atoms with Crippen LogP contribution in [0.5, 0.6) is 5.75 Å². The summed E-state index contributed by atoms with van der Waals surface area (Å²) in [5.74, 6) is 2.90. The number of carbonyl (C=O) groups excluding carboxylic acids is 2. The number of benzene rings is 1. The number of carbonyl (C=O) groups is 2. The van der Waals surface area contributed by atoms with E-state index in [1.807, 2.05) is 25.1 Å². The van der Waals surface area contributed by atoms with Crippen LogP contribution in [0.25, 0.3) is 0 Å². The lowest BCUT2D eigenvalue weighted by Gasteiger charge is -2.55. The quantitative estimate of drug-likeness (QED) is 0.758. The molecule has 0 saturated heterocycles. The highest BCUT2D eigenvalue weighted by molar-refractivity contribution is 5.86. The van der Waals surface area contributed by atoms with Crippen LogP contribution in [-0.4, -0.2) is 18.4 Å². The van der Waals surface area contributed by atoms with Crippen LogP contribution in [-0.2, 0) is 9.59 Å². The van der Waals surface area contributed by atoms with Crippen molar-refractivity contribution in [3.8, 4) is 5.75 Å². The van der Waals surface area contributed by atoms with Crippen LogP contribution < -0.4 is 15.6 Å². The van der Waals surface area contributed by atoms with E-state index in [9.17, 15) is 9.59 Å². The van der Waals surface area contributed by atoms with E-state index in [4.69, 9.17) is 4.74 Å². The molecule has 2 N–H and O–H groups in total. The Hall–Kier alpha value is -2.04. The molecule has 0 aliphatic heterocycles. The van der Waals surface area contributed by atoms with Crippen LogP contribution in [0.15, 0.2) is 18.2 Å². The summed E-state index contributed by atoms with van der Waals surface area (Å²) >= 11 is 0. The number of amides is 2. The molecule has 0 radical (unpaired) electrons. The third-order valence-corrected chi connectivity index (χ3v) is 7.07. The molecular weight excluding hydrogens is 352 g/mol. The summed E-state index contributed by atoms with van der Waals surface area (Å²) in [6.45, 7) is 6.25. The molecule has 0 aromatic heterocycles. The molecule has 1 aromatic rings. The summed E-state index contributed by atoms with van der Waals surface area (Å²) in [4.78, 5) is 25.0. The van der Waals surface area contributed by atoms with Crippen molar-refractivity contribution >= 4 is 11.8 Å². The smallest absolute Gasteiger partial charge is 0.276 e. The van der Waals surface area contributed by atoms with Crippen molar-refractivity contribution in [2.75, 3.05) is 6.61 Å². The molecule has 152 valence electrons. The second kappa shape index (κ2) is 7.41. The average Bonchev–Trinajstić information content (AvgIpc) is 2.63. The Labute approximate surface area is 167 Å². The third kappa shape index (κ3) is 3.76. The molecule has 4 bridgehead atoms. The Morgan fingerprint density at radius 2 is 1.68 bits per heavy atom. The molecule has 5 nitrogen and oxygen atoms in total. The lowest BCUT2D eigenvalue weighted by atomic mass is 9.49. The van der Waals surface area contributed by atoms with Crippen LogP contribution in [0.1, 0.15) is 69.4 Å². The molecule has 0 spiro atoms. The van der Waals surface area contributed by atoms with Gasteiger partial charge in [-0.05, 0) is 92.4 Å². The molecule has 0 unspecified atom stereocenters. The number of rotatable bonds is 5. The molecule has 5 heteroatoms. The molecule has 2 amide bonds. The zero-order valence-corrected chi connectivity index (χ0v) is 17.2. The Balaban J connectivity index is 1.27. The van der Waals surface area contributed by atoms with E-state index in [0.717, 1.165) is 24.8 Å². The topological polar surface area (TPSA) is 67.4 Å². The minimum Gasteiger partial charge on any atom is -0.484 e. The molecule has 28 heavy (non-hydrogen) atoms. The monoisotopic (exact) mass is 384 g/mol. The minimum atomic E-state index is -0.330. The maximum atomic E-state index is 12.9. The first-order valence-corrected chi connectivity index (χ1v) is 10.7. The molecule has 1 aromatic carbocycles. The van der Waals surface area contributed by atoms with E-state index in [0.29, 0.717) is 29.4 Å². The molecule has 4 fully saturated rings. The second-order valence-electron chi connectivity index (χ2n) is 9.66. The van der Waals surface area contributed by atoms with Gasteiger partial charge in [-0.25, -0.2) is 0 Å². The van der Waals surface area contributed by atoms with E-state index in [2.05, 4.69) is 24.7 Å². The first kappa shape index (κ1) is 19.3. The zero-order valence-electron chi connectivity index (χ0n) is 17.2. The van der Waals surface area contributed by atoms with Crippen LogP contribution in [0.2, 0.25) is 0 Å². The van der Waals surface area contributed by atoms with Gasteiger partial charge in [0.05, 0.1) is 5.41 Å². The number of aryl methyl sites for hydroxylation is 1. The molecule has 5 rings (SSSR count).